The summed E-state index contributed by atoms with van der Waals surface area (Å²) in [5.74, 6) is -0.904. The van der Waals surface area contributed by atoms with Crippen molar-refractivity contribution in [3.8, 4) is 5.75 Å². The Morgan fingerprint density at radius 3 is 2.52 bits per heavy atom. The lowest BCUT2D eigenvalue weighted by molar-refractivity contribution is -0.384. The third-order valence-corrected chi connectivity index (χ3v) is 3.18. The molecule has 6 nitrogen and oxygen atoms in total. The number of rotatable bonds is 3. The maximum absolute atomic E-state index is 12.1. The van der Waals surface area contributed by atoms with Crippen LogP contribution in [0.2, 0.25) is 10.0 Å². The summed E-state index contributed by atoms with van der Waals surface area (Å²) < 4.78 is 0. The van der Waals surface area contributed by atoms with E-state index in [9.17, 15) is 20.0 Å². The molecule has 0 heterocycles. The van der Waals surface area contributed by atoms with Gasteiger partial charge in [0.1, 0.15) is 5.75 Å². The van der Waals surface area contributed by atoms with E-state index in [1.165, 1.54) is 30.3 Å². The van der Waals surface area contributed by atoms with Crippen LogP contribution in [0.1, 0.15) is 10.4 Å². The lowest BCUT2D eigenvalue weighted by atomic mass is 10.1. The second kappa shape index (κ2) is 5.99. The normalized spacial score (nSPS) is 10.2. The Kier molecular flexibility index (Phi) is 4.30. The molecule has 8 heteroatoms. The number of hydrogen-bond acceptors (Lipinski definition) is 4. The molecule has 0 bridgehead atoms. The molecule has 21 heavy (non-hydrogen) atoms. The first-order chi connectivity index (χ1) is 9.88. The van der Waals surface area contributed by atoms with Gasteiger partial charge in [0.05, 0.1) is 21.2 Å². The smallest absolute Gasteiger partial charge is 0.270 e. The fourth-order valence-electron chi connectivity index (χ4n) is 1.60. The zero-order chi connectivity index (χ0) is 15.6. The number of phenolic OH excluding ortho intramolecular Hbond substituents is 1. The number of anilines is 1. The number of halogens is 2. The molecule has 0 aliphatic carbocycles. The maximum atomic E-state index is 12.1. The Morgan fingerprint density at radius 2 is 1.90 bits per heavy atom. The molecule has 108 valence electrons. The number of phenols is 1. The van der Waals surface area contributed by atoms with Crippen LogP contribution in [-0.4, -0.2) is 15.9 Å². The molecular weight excluding hydrogens is 319 g/mol. The number of nitrogens with one attached hydrogen (secondary N) is 1. The quantitative estimate of drug-likeness (QED) is 0.508. The van der Waals surface area contributed by atoms with Gasteiger partial charge in [-0.2, -0.15) is 0 Å². The maximum Gasteiger partial charge on any atom is 0.270 e. The summed E-state index contributed by atoms with van der Waals surface area (Å²) in [5.41, 5.74) is -0.211. The largest absolute Gasteiger partial charge is 0.506 e. The summed E-state index contributed by atoms with van der Waals surface area (Å²) >= 11 is 11.5. The lowest BCUT2D eigenvalue weighted by Gasteiger charge is -2.08. The van der Waals surface area contributed by atoms with Crippen LogP contribution in [0.5, 0.6) is 5.75 Å². The van der Waals surface area contributed by atoms with Gasteiger partial charge in [-0.1, -0.05) is 23.2 Å². The zero-order valence-electron chi connectivity index (χ0n) is 10.3. The highest BCUT2D eigenvalue weighted by molar-refractivity contribution is 6.34. The summed E-state index contributed by atoms with van der Waals surface area (Å²) in [6, 6.07) is 7.65. The molecule has 0 spiro atoms. The van der Waals surface area contributed by atoms with Crippen LogP contribution < -0.4 is 5.32 Å². The highest BCUT2D eigenvalue weighted by atomic mass is 35.5. The molecular formula is C13H8Cl2N2O4. The Morgan fingerprint density at radius 1 is 1.19 bits per heavy atom. The fourth-order valence-corrected chi connectivity index (χ4v) is 1.97. The standard InChI is InChI=1S/C13H8Cl2N2O4/c14-7-1-4-11(12(18)5-7)16-13(19)9-6-8(17(20)21)2-3-10(9)15/h1-6,18H,(H,16,19). The second-order valence-electron chi connectivity index (χ2n) is 4.04. The molecule has 2 rings (SSSR count). The van der Waals surface area contributed by atoms with Gasteiger partial charge < -0.3 is 10.4 Å². The molecule has 0 saturated heterocycles. The highest BCUT2D eigenvalue weighted by Gasteiger charge is 2.17. The number of amides is 1. The van der Waals surface area contributed by atoms with Crippen molar-refractivity contribution in [3.05, 3.63) is 62.1 Å². The predicted octanol–water partition coefficient (Wildman–Crippen LogP) is 3.86. The minimum Gasteiger partial charge on any atom is -0.506 e. The Balaban J connectivity index is 2.32. The SMILES string of the molecule is O=C(Nc1ccc(Cl)cc1O)c1cc([N+](=O)[O-])ccc1Cl. The van der Waals surface area contributed by atoms with Crippen molar-refractivity contribution in [2.75, 3.05) is 5.32 Å². The molecule has 0 radical (unpaired) electrons. The average molecular weight is 327 g/mol. The van der Waals surface area contributed by atoms with Gasteiger partial charge in [0.15, 0.2) is 0 Å². The average Bonchev–Trinajstić information content (AvgIpc) is 2.42. The van der Waals surface area contributed by atoms with Crippen LogP contribution in [0, 0.1) is 10.1 Å². The summed E-state index contributed by atoms with van der Waals surface area (Å²) in [5, 5.41) is 23.1. The molecule has 0 aliphatic heterocycles. The van der Waals surface area contributed by atoms with Crippen LogP contribution in [0.25, 0.3) is 0 Å². The molecule has 0 atom stereocenters. The van der Waals surface area contributed by atoms with Gasteiger partial charge in [-0.15, -0.1) is 0 Å². The van der Waals surface area contributed by atoms with Crippen molar-refractivity contribution < 1.29 is 14.8 Å². The van der Waals surface area contributed by atoms with Crippen molar-refractivity contribution in [3.63, 3.8) is 0 Å². The first kappa shape index (κ1) is 15.1. The summed E-state index contributed by atoms with van der Waals surface area (Å²) in [6.45, 7) is 0. The van der Waals surface area contributed by atoms with E-state index in [4.69, 9.17) is 23.2 Å². The molecule has 0 aromatic heterocycles. The molecule has 2 aromatic rings. The van der Waals surface area contributed by atoms with E-state index in [-0.39, 0.29) is 27.7 Å². The van der Waals surface area contributed by atoms with Gasteiger partial charge in [0.25, 0.3) is 11.6 Å². The van der Waals surface area contributed by atoms with Gasteiger partial charge in [0, 0.05) is 23.2 Å². The van der Waals surface area contributed by atoms with E-state index in [0.29, 0.717) is 5.02 Å². The van der Waals surface area contributed by atoms with Crippen LogP contribution in [0.3, 0.4) is 0 Å². The van der Waals surface area contributed by atoms with Crippen LogP contribution in [0.4, 0.5) is 11.4 Å². The number of hydrogen-bond donors (Lipinski definition) is 2. The number of carbonyl (C=O) groups excluding carboxylic acids is 1. The zero-order valence-corrected chi connectivity index (χ0v) is 11.9. The van der Waals surface area contributed by atoms with Gasteiger partial charge in [-0.3, -0.25) is 14.9 Å². The van der Waals surface area contributed by atoms with E-state index in [1.807, 2.05) is 0 Å². The second-order valence-corrected chi connectivity index (χ2v) is 4.88. The Hall–Kier alpha value is -2.31. The molecule has 0 aliphatic rings. The topological polar surface area (TPSA) is 92.5 Å². The Labute approximate surface area is 129 Å². The first-order valence-electron chi connectivity index (χ1n) is 5.62. The van der Waals surface area contributed by atoms with Gasteiger partial charge >= 0.3 is 0 Å². The van der Waals surface area contributed by atoms with E-state index in [0.717, 1.165) is 6.07 Å². The van der Waals surface area contributed by atoms with Gasteiger partial charge in [0.2, 0.25) is 0 Å². The highest BCUT2D eigenvalue weighted by Crippen LogP contribution is 2.28. The van der Waals surface area contributed by atoms with Crippen molar-refractivity contribution in [2.24, 2.45) is 0 Å². The lowest BCUT2D eigenvalue weighted by Crippen LogP contribution is -2.13. The van der Waals surface area contributed by atoms with Gasteiger partial charge in [-0.05, 0) is 18.2 Å². The van der Waals surface area contributed by atoms with Crippen LogP contribution >= 0.6 is 23.2 Å². The predicted molar refractivity (Wildman–Crippen MR) is 79.2 cm³/mol. The van der Waals surface area contributed by atoms with E-state index >= 15 is 0 Å². The molecule has 2 N–H and O–H groups in total. The molecule has 0 saturated carbocycles. The van der Waals surface area contributed by atoms with Crippen molar-refractivity contribution in [1.29, 1.82) is 0 Å². The van der Waals surface area contributed by atoms with Crippen molar-refractivity contribution in [1.82, 2.24) is 0 Å². The molecule has 0 unspecified atom stereocenters. The van der Waals surface area contributed by atoms with E-state index in [1.54, 1.807) is 0 Å². The number of nitrogens with zero attached hydrogens (tertiary/aromatic N) is 1. The number of nitro groups is 1. The number of non-ortho nitro benzene ring substituents is 1. The van der Waals surface area contributed by atoms with Crippen LogP contribution in [-0.2, 0) is 0 Å². The minimum absolute atomic E-state index is 0.0616. The number of aromatic hydroxyl groups is 1. The third kappa shape index (κ3) is 3.42. The number of benzene rings is 2. The number of nitro benzene ring substituents is 1. The molecule has 2 aromatic carbocycles. The Bertz CT molecular complexity index is 734. The minimum atomic E-state index is -0.679. The van der Waals surface area contributed by atoms with Crippen molar-refractivity contribution >= 4 is 40.5 Å². The third-order valence-electron chi connectivity index (χ3n) is 2.61. The molecule has 0 fully saturated rings. The summed E-state index contributed by atoms with van der Waals surface area (Å²) in [6.07, 6.45) is 0. The first-order valence-corrected chi connectivity index (χ1v) is 6.38. The summed E-state index contributed by atoms with van der Waals surface area (Å²) in [4.78, 5) is 22.2. The van der Waals surface area contributed by atoms with Crippen molar-refractivity contribution in [2.45, 2.75) is 0 Å². The monoisotopic (exact) mass is 326 g/mol. The summed E-state index contributed by atoms with van der Waals surface area (Å²) in [7, 11) is 0. The van der Waals surface area contributed by atoms with Gasteiger partial charge in [-0.25, -0.2) is 0 Å². The van der Waals surface area contributed by atoms with E-state index in [2.05, 4.69) is 5.32 Å². The number of carbonyl (C=O) groups is 1. The van der Waals surface area contributed by atoms with Crippen LogP contribution in [0.15, 0.2) is 36.4 Å². The fraction of sp³-hybridized carbons (Fsp3) is 0. The van der Waals surface area contributed by atoms with E-state index < -0.39 is 10.8 Å². The molecule has 1 amide bonds.